The van der Waals surface area contributed by atoms with Crippen molar-refractivity contribution in [2.24, 2.45) is 0 Å². The van der Waals surface area contributed by atoms with Crippen LogP contribution in [-0.2, 0) is 4.79 Å². The lowest BCUT2D eigenvalue weighted by atomic mass is 10.1. The van der Waals surface area contributed by atoms with Crippen molar-refractivity contribution in [1.82, 2.24) is 10.1 Å². The molecule has 0 fully saturated rings. The van der Waals surface area contributed by atoms with Crippen LogP contribution in [0, 0.1) is 6.92 Å². The van der Waals surface area contributed by atoms with Crippen LogP contribution in [0.15, 0.2) is 51.5 Å². The van der Waals surface area contributed by atoms with Crippen LogP contribution in [0.5, 0.6) is 5.75 Å². The highest BCUT2D eigenvalue weighted by Gasteiger charge is 2.21. The average molecular weight is 444 g/mol. The molecule has 7 heteroatoms. The van der Waals surface area contributed by atoms with Crippen molar-refractivity contribution in [3.8, 4) is 17.2 Å². The van der Waals surface area contributed by atoms with Crippen molar-refractivity contribution in [1.29, 1.82) is 0 Å². The predicted octanol–water partition coefficient (Wildman–Crippen LogP) is 5.34. The van der Waals surface area contributed by atoms with Gasteiger partial charge in [0.15, 0.2) is 11.9 Å². The number of para-hydroxylation sites is 1. The summed E-state index contributed by atoms with van der Waals surface area (Å²) in [4.78, 5) is 17.2. The van der Waals surface area contributed by atoms with Gasteiger partial charge in [-0.25, -0.2) is 0 Å². The number of nitrogens with zero attached hydrogens (tertiary/aromatic N) is 2. The molecule has 0 spiro atoms. The number of halogens is 1. The Bertz CT molecular complexity index is 967. The summed E-state index contributed by atoms with van der Waals surface area (Å²) in [5, 5.41) is 6.96. The molecule has 1 atom stereocenters. The molecule has 0 saturated heterocycles. The van der Waals surface area contributed by atoms with Crippen LogP contribution in [0.2, 0.25) is 0 Å². The average Bonchev–Trinajstić information content (AvgIpc) is 3.15. The number of carbonyl (C=O) groups is 1. The molecule has 1 unspecified atom stereocenters. The van der Waals surface area contributed by atoms with Gasteiger partial charge >= 0.3 is 0 Å². The maximum atomic E-state index is 12.7. The SMILES string of the molecule is Cc1cccc(-c2nc(C(C)C)no2)c1NC(=O)C(C)Oc1ccc(Br)cc1. The van der Waals surface area contributed by atoms with E-state index in [2.05, 4.69) is 31.4 Å². The summed E-state index contributed by atoms with van der Waals surface area (Å²) in [5.41, 5.74) is 2.22. The molecule has 1 heterocycles. The first-order valence-corrected chi connectivity index (χ1v) is 9.81. The van der Waals surface area contributed by atoms with E-state index in [-0.39, 0.29) is 11.8 Å². The van der Waals surface area contributed by atoms with Crippen molar-refractivity contribution in [3.63, 3.8) is 0 Å². The lowest BCUT2D eigenvalue weighted by Gasteiger charge is -2.17. The highest BCUT2D eigenvalue weighted by molar-refractivity contribution is 9.10. The molecule has 6 nitrogen and oxygen atoms in total. The van der Waals surface area contributed by atoms with Crippen LogP contribution in [-0.4, -0.2) is 22.2 Å². The lowest BCUT2D eigenvalue weighted by molar-refractivity contribution is -0.122. The molecule has 0 radical (unpaired) electrons. The Balaban J connectivity index is 1.81. The summed E-state index contributed by atoms with van der Waals surface area (Å²) in [6.07, 6.45) is -0.678. The number of hydrogen-bond donors (Lipinski definition) is 1. The van der Waals surface area contributed by atoms with Gasteiger partial charge in [0.2, 0.25) is 0 Å². The first-order chi connectivity index (χ1) is 13.3. The van der Waals surface area contributed by atoms with Crippen molar-refractivity contribution >= 4 is 27.5 Å². The Labute approximate surface area is 172 Å². The second-order valence-corrected chi connectivity index (χ2v) is 7.73. The fourth-order valence-electron chi connectivity index (χ4n) is 2.59. The first-order valence-electron chi connectivity index (χ1n) is 9.02. The second kappa shape index (κ2) is 8.56. The maximum absolute atomic E-state index is 12.7. The van der Waals surface area contributed by atoms with Gasteiger partial charge in [-0.3, -0.25) is 4.79 Å². The summed E-state index contributed by atoms with van der Waals surface area (Å²) >= 11 is 3.38. The van der Waals surface area contributed by atoms with Gasteiger partial charge in [-0.05, 0) is 49.7 Å². The minimum Gasteiger partial charge on any atom is -0.481 e. The number of rotatable bonds is 6. The third-order valence-electron chi connectivity index (χ3n) is 4.21. The van der Waals surface area contributed by atoms with Gasteiger partial charge in [0.1, 0.15) is 5.75 Å². The van der Waals surface area contributed by atoms with Crippen LogP contribution < -0.4 is 10.1 Å². The van der Waals surface area contributed by atoms with E-state index in [1.54, 1.807) is 19.1 Å². The number of anilines is 1. The zero-order valence-corrected chi connectivity index (χ0v) is 17.8. The third kappa shape index (κ3) is 4.59. The fraction of sp³-hybridized carbons (Fsp3) is 0.286. The van der Waals surface area contributed by atoms with E-state index in [0.29, 0.717) is 28.7 Å². The van der Waals surface area contributed by atoms with Gasteiger partial charge in [0.05, 0.1) is 11.3 Å². The Morgan fingerprint density at radius 3 is 2.50 bits per heavy atom. The zero-order chi connectivity index (χ0) is 20.3. The minimum absolute atomic E-state index is 0.152. The third-order valence-corrected chi connectivity index (χ3v) is 4.73. The maximum Gasteiger partial charge on any atom is 0.265 e. The van der Waals surface area contributed by atoms with Gasteiger partial charge in [-0.2, -0.15) is 4.98 Å². The monoisotopic (exact) mass is 443 g/mol. The Hall–Kier alpha value is -2.67. The molecule has 0 aliphatic heterocycles. The number of hydrogen-bond acceptors (Lipinski definition) is 5. The summed E-state index contributed by atoms with van der Waals surface area (Å²) in [6.45, 7) is 7.61. The molecule has 0 aliphatic rings. The van der Waals surface area contributed by atoms with Crippen molar-refractivity contribution in [2.45, 2.75) is 39.7 Å². The number of benzene rings is 2. The molecule has 0 aliphatic carbocycles. The number of nitrogens with one attached hydrogen (secondary N) is 1. The van der Waals surface area contributed by atoms with Gasteiger partial charge < -0.3 is 14.6 Å². The number of aryl methyl sites for hydroxylation is 1. The summed E-state index contributed by atoms with van der Waals surface area (Å²) in [6, 6.07) is 13.0. The van der Waals surface area contributed by atoms with Crippen LogP contribution in [0.3, 0.4) is 0 Å². The first kappa shape index (κ1) is 20.1. The Morgan fingerprint density at radius 1 is 1.14 bits per heavy atom. The lowest BCUT2D eigenvalue weighted by Crippen LogP contribution is -2.30. The second-order valence-electron chi connectivity index (χ2n) is 6.81. The largest absolute Gasteiger partial charge is 0.481 e. The van der Waals surface area contributed by atoms with E-state index in [4.69, 9.17) is 9.26 Å². The van der Waals surface area contributed by atoms with Crippen molar-refractivity contribution in [3.05, 3.63) is 58.3 Å². The predicted molar refractivity (Wildman–Crippen MR) is 111 cm³/mol. The van der Waals surface area contributed by atoms with Crippen molar-refractivity contribution < 1.29 is 14.1 Å². The summed E-state index contributed by atoms with van der Waals surface area (Å²) < 4.78 is 12.1. The number of amides is 1. The van der Waals surface area contributed by atoms with Gasteiger partial charge in [-0.1, -0.05) is 47.1 Å². The van der Waals surface area contributed by atoms with Gasteiger partial charge in [0.25, 0.3) is 11.8 Å². The van der Waals surface area contributed by atoms with Crippen LogP contribution in [0.1, 0.15) is 38.1 Å². The standard InChI is InChI=1S/C21H22BrN3O3/c1-12(2)19-24-21(28-25-19)17-7-5-6-13(3)18(17)23-20(26)14(4)27-16-10-8-15(22)9-11-16/h5-12,14H,1-4H3,(H,23,26). The molecule has 0 bridgehead atoms. The molecule has 3 rings (SSSR count). The molecule has 28 heavy (non-hydrogen) atoms. The highest BCUT2D eigenvalue weighted by Crippen LogP contribution is 2.31. The van der Waals surface area contributed by atoms with E-state index in [0.717, 1.165) is 10.0 Å². The highest BCUT2D eigenvalue weighted by atomic mass is 79.9. The van der Waals surface area contributed by atoms with E-state index in [1.807, 2.05) is 51.1 Å². The van der Waals surface area contributed by atoms with Crippen molar-refractivity contribution in [2.75, 3.05) is 5.32 Å². The number of aromatic nitrogens is 2. The summed E-state index contributed by atoms with van der Waals surface area (Å²) in [7, 11) is 0. The molecular weight excluding hydrogens is 422 g/mol. The molecule has 0 saturated carbocycles. The van der Waals surface area contributed by atoms with Crippen LogP contribution in [0.25, 0.3) is 11.5 Å². The van der Waals surface area contributed by atoms with E-state index in [9.17, 15) is 4.79 Å². The summed E-state index contributed by atoms with van der Waals surface area (Å²) in [5.74, 6) is 1.51. The van der Waals surface area contributed by atoms with E-state index >= 15 is 0 Å². The molecule has 2 aromatic carbocycles. The van der Waals surface area contributed by atoms with Gasteiger partial charge in [0, 0.05) is 10.4 Å². The topological polar surface area (TPSA) is 77.3 Å². The minimum atomic E-state index is -0.678. The molecule has 3 aromatic rings. The smallest absolute Gasteiger partial charge is 0.265 e. The molecule has 1 aromatic heterocycles. The van der Waals surface area contributed by atoms with E-state index in [1.165, 1.54) is 0 Å². The van der Waals surface area contributed by atoms with Crippen LogP contribution >= 0.6 is 15.9 Å². The van der Waals surface area contributed by atoms with E-state index < -0.39 is 6.10 Å². The molecule has 146 valence electrons. The zero-order valence-electron chi connectivity index (χ0n) is 16.2. The fourth-order valence-corrected chi connectivity index (χ4v) is 2.85. The molecule has 1 amide bonds. The van der Waals surface area contributed by atoms with Gasteiger partial charge in [-0.15, -0.1) is 0 Å². The molecule has 1 N–H and O–H groups in total. The number of ether oxygens (including phenoxy) is 1. The number of carbonyl (C=O) groups excluding carboxylic acids is 1. The molecular formula is C21H22BrN3O3. The Morgan fingerprint density at radius 2 is 1.86 bits per heavy atom. The normalized spacial score (nSPS) is 12.1. The Kier molecular flexibility index (Phi) is 6.14. The quantitative estimate of drug-likeness (QED) is 0.556. The van der Waals surface area contributed by atoms with Crippen LogP contribution in [0.4, 0.5) is 5.69 Å².